The summed E-state index contributed by atoms with van der Waals surface area (Å²) in [6, 6.07) is 0. The van der Waals surface area contributed by atoms with Crippen molar-refractivity contribution in [2.75, 3.05) is 18.0 Å². The average Bonchev–Trinajstić information content (AvgIpc) is 2.58. The Bertz CT molecular complexity index is 343. The fourth-order valence-electron chi connectivity index (χ4n) is 2.32. The second-order valence-electron chi connectivity index (χ2n) is 4.68. The summed E-state index contributed by atoms with van der Waals surface area (Å²) in [6.07, 6.45) is 7.32. The maximum absolute atomic E-state index is 9.36. The van der Waals surface area contributed by atoms with Crippen molar-refractivity contribution in [2.24, 2.45) is 0 Å². The SMILES string of the molecule is CCCc1nc(N2CCCCCC2)sc1CO. The van der Waals surface area contributed by atoms with Crippen molar-refractivity contribution >= 4 is 16.5 Å². The molecule has 0 radical (unpaired) electrons. The molecule has 17 heavy (non-hydrogen) atoms. The van der Waals surface area contributed by atoms with Crippen LogP contribution in [0.5, 0.6) is 0 Å². The molecule has 0 aliphatic carbocycles. The molecule has 2 heterocycles. The Kier molecular flexibility index (Phi) is 4.80. The van der Waals surface area contributed by atoms with Crippen LogP contribution in [0.3, 0.4) is 0 Å². The predicted molar refractivity (Wildman–Crippen MR) is 72.7 cm³/mol. The number of rotatable bonds is 4. The Morgan fingerprint density at radius 1 is 1.24 bits per heavy atom. The van der Waals surface area contributed by atoms with Crippen molar-refractivity contribution in [2.45, 2.75) is 52.1 Å². The summed E-state index contributed by atoms with van der Waals surface area (Å²) < 4.78 is 0. The lowest BCUT2D eigenvalue weighted by molar-refractivity contribution is 0.284. The minimum absolute atomic E-state index is 0.140. The van der Waals surface area contributed by atoms with E-state index in [0.29, 0.717) is 0 Å². The smallest absolute Gasteiger partial charge is 0.185 e. The molecule has 0 spiro atoms. The highest BCUT2D eigenvalue weighted by Crippen LogP contribution is 2.29. The van der Waals surface area contributed by atoms with E-state index in [2.05, 4.69) is 11.8 Å². The Hall–Kier alpha value is -0.610. The van der Waals surface area contributed by atoms with Gasteiger partial charge in [0.2, 0.25) is 0 Å². The highest BCUT2D eigenvalue weighted by Gasteiger charge is 2.16. The molecule has 1 aromatic heterocycles. The van der Waals surface area contributed by atoms with Gasteiger partial charge in [0.25, 0.3) is 0 Å². The summed E-state index contributed by atoms with van der Waals surface area (Å²) in [5.74, 6) is 0. The molecule has 0 unspecified atom stereocenters. The molecule has 0 atom stereocenters. The van der Waals surface area contributed by atoms with Crippen LogP contribution >= 0.6 is 11.3 Å². The van der Waals surface area contributed by atoms with Crippen LogP contribution in [-0.2, 0) is 13.0 Å². The fraction of sp³-hybridized carbons (Fsp3) is 0.769. The predicted octanol–water partition coefficient (Wildman–Crippen LogP) is 2.97. The largest absolute Gasteiger partial charge is 0.391 e. The molecule has 1 aliphatic rings. The Balaban J connectivity index is 2.13. The molecule has 1 saturated heterocycles. The molecule has 2 rings (SSSR count). The topological polar surface area (TPSA) is 36.4 Å². The highest BCUT2D eigenvalue weighted by atomic mass is 32.1. The second-order valence-corrected chi connectivity index (χ2v) is 5.74. The monoisotopic (exact) mass is 254 g/mol. The molecular formula is C13H22N2OS. The molecule has 1 N–H and O–H groups in total. The molecule has 0 amide bonds. The van der Waals surface area contributed by atoms with E-state index in [0.717, 1.165) is 41.6 Å². The standard InChI is InChI=1S/C13H22N2OS/c1-2-7-11-12(10-16)17-13(14-11)15-8-5-3-4-6-9-15/h16H,2-10H2,1H3. The van der Waals surface area contributed by atoms with Gasteiger partial charge in [-0.3, -0.25) is 0 Å². The van der Waals surface area contributed by atoms with Crippen molar-refractivity contribution in [3.63, 3.8) is 0 Å². The van der Waals surface area contributed by atoms with E-state index in [-0.39, 0.29) is 6.61 Å². The Morgan fingerprint density at radius 3 is 2.53 bits per heavy atom. The maximum atomic E-state index is 9.36. The van der Waals surface area contributed by atoms with E-state index >= 15 is 0 Å². The zero-order valence-electron chi connectivity index (χ0n) is 10.6. The maximum Gasteiger partial charge on any atom is 0.185 e. The molecule has 0 aromatic carbocycles. The van der Waals surface area contributed by atoms with Gasteiger partial charge in [-0.1, -0.05) is 37.5 Å². The first-order valence-electron chi connectivity index (χ1n) is 6.69. The van der Waals surface area contributed by atoms with Crippen LogP contribution in [0.4, 0.5) is 5.13 Å². The van der Waals surface area contributed by atoms with Gasteiger partial charge in [-0.2, -0.15) is 0 Å². The van der Waals surface area contributed by atoms with Gasteiger partial charge in [0.1, 0.15) is 0 Å². The van der Waals surface area contributed by atoms with Crippen LogP contribution in [0, 0.1) is 0 Å². The molecule has 3 nitrogen and oxygen atoms in total. The van der Waals surface area contributed by atoms with Gasteiger partial charge in [0.05, 0.1) is 17.2 Å². The molecule has 1 fully saturated rings. The van der Waals surface area contributed by atoms with Crippen LogP contribution < -0.4 is 4.90 Å². The minimum Gasteiger partial charge on any atom is -0.391 e. The first-order chi connectivity index (χ1) is 8.35. The second kappa shape index (κ2) is 6.36. The van der Waals surface area contributed by atoms with Gasteiger partial charge in [-0.15, -0.1) is 0 Å². The summed E-state index contributed by atoms with van der Waals surface area (Å²) in [7, 11) is 0. The number of aliphatic hydroxyl groups excluding tert-OH is 1. The first-order valence-corrected chi connectivity index (χ1v) is 7.51. The lowest BCUT2D eigenvalue weighted by Gasteiger charge is -2.18. The van der Waals surface area contributed by atoms with Gasteiger partial charge in [-0.25, -0.2) is 4.98 Å². The number of aliphatic hydroxyl groups is 1. The molecule has 1 aromatic rings. The lowest BCUT2D eigenvalue weighted by Crippen LogP contribution is -2.23. The summed E-state index contributed by atoms with van der Waals surface area (Å²) in [4.78, 5) is 8.18. The lowest BCUT2D eigenvalue weighted by atomic mass is 10.2. The number of hydrogen-bond donors (Lipinski definition) is 1. The van der Waals surface area contributed by atoms with Gasteiger partial charge in [-0.05, 0) is 19.3 Å². The van der Waals surface area contributed by atoms with E-state index in [9.17, 15) is 5.11 Å². The van der Waals surface area contributed by atoms with Crippen LogP contribution in [-0.4, -0.2) is 23.2 Å². The van der Waals surface area contributed by atoms with Gasteiger partial charge >= 0.3 is 0 Å². The highest BCUT2D eigenvalue weighted by molar-refractivity contribution is 7.15. The van der Waals surface area contributed by atoms with Gasteiger partial charge < -0.3 is 10.0 Å². The fourth-order valence-corrected chi connectivity index (χ4v) is 3.34. The Labute approximate surface area is 107 Å². The molecule has 4 heteroatoms. The zero-order valence-corrected chi connectivity index (χ0v) is 11.4. The molecule has 0 bridgehead atoms. The number of aryl methyl sites for hydroxylation is 1. The normalized spacial score (nSPS) is 17.2. The number of nitrogens with zero attached hydrogens (tertiary/aromatic N) is 2. The van der Waals surface area contributed by atoms with Crippen LogP contribution in [0.25, 0.3) is 0 Å². The van der Waals surface area contributed by atoms with Crippen LogP contribution in [0.2, 0.25) is 0 Å². The first kappa shape index (κ1) is 12.8. The van der Waals surface area contributed by atoms with E-state index in [1.165, 1.54) is 25.7 Å². The van der Waals surface area contributed by atoms with Gasteiger partial charge in [0.15, 0.2) is 5.13 Å². The van der Waals surface area contributed by atoms with Crippen molar-refractivity contribution < 1.29 is 5.11 Å². The third kappa shape index (κ3) is 3.19. The number of thiazole rings is 1. The van der Waals surface area contributed by atoms with Gasteiger partial charge in [0, 0.05) is 13.1 Å². The molecular weight excluding hydrogens is 232 g/mol. The summed E-state index contributed by atoms with van der Waals surface area (Å²) >= 11 is 1.68. The molecule has 0 saturated carbocycles. The number of anilines is 1. The van der Waals surface area contributed by atoms with Crippen molar-refractivity contribution in [1.82, 2.24) is 4.98 Å². The van der Waals surface area contributed by atoms with Crippen LogP contribution in [0.15, 0.2) is 0 Å². The molecule has 1 aliphatic heterocycles. The summed E-state index contributed by atoms with van der Waals surface area (Å²) in [5, 5.41) is 10.5. The number of aromatic nitrogens is 1. The minimum atomic E-state index is 0.140. The van der Waals surface area contributed by atoms with Crippen molar-refractivity contribution in [3.8, 4) is 0 Å². The summed E-state index contributed by atoms with van der Waals surface area (Å²) in [6.45, 7) is 4.56. The van der Waals surface area contributed by atoms with Crippen molar-refractivity contribution in [1.29, 1.82) is 0 Å². The van der Waals surface area contributed by atoms with Crippen LogP contribution in [0.1, 0.15) is 49.6 Å². The quantitative estimate of drug-likeness (QED) is 0.897. The van der Waals surface area contributed by atoms with E-state index in [4.69, 9.17) is 4.98 Å². The third-order valence-corrected chi connectivity index (χ3v) is 4.42. The van der Waals surface area contributed by atoms with E-state index < -0.39 is 0 Å². The molecule has 96 valence electrons. The van der Waals surface area contributed by atoms with E-state index in [1.54, 1.807) is 11.3 Å². The van der Waals surface area contributed by atoms with E-state index in [1.807, 2.05) is 0 Å². The third-order valence-electron chi connectivity index (χ3n) is 3.27. The zero-order chi connectivity index (χ0) is 12.1. The summed E-state index contributed by atoms with van der Waals surface area (Å²) in [5.41, 5.74) is 1.11. The Morgan fingerprint density at radius 2 is 1.94 bits per heavy atom. The van der Waals surface area contributed by atoms with Crippen molar-refractivity contribution in [3.05, 3.63) is 10.6 Å². The average molecular weight is 254 g/mol. The number of hydrogen-bond acceptors (Lipinski definition) is 4.